The molecule has 0 radical (unpaired) electrons. The largest absolute Gasteiger partial charge is 0.444 e. The lowest BCUT2D eigenvalue weighted by atomic mass is 10.1. The fourth-order valence-electron chi connectivity index (χ4n) is 2.31. The second-order valence-corrected chi connectivity index (χ2v) is 8.74. The van der Waals surface area contributed by atoms with Gasteiger partial charge in [-0.2, -0.15) is 8.42 Å². The molecule has 0 saturated carbocycles. The predicted molar refractivity (Wildman–Crippen MR) is 104 cm³/mol. The van der Waals surface area contributed by atoms with Crippen molar-refractivity contribution in [3.05, 3.63) is 59.7 Å². The minimum absolute atomic E-state index is 0.0385. The van der Waals surface area contributed by atoms with E-state index < -0.39 is 21.8 Å². The Morgan fingerprint density at radius 2 is 1.67 bits per heavy atom. The summed E-state index contributed by atoms with van der Waals surface area (Å²) in [5, 5.41) is 2.69. The molecule has 7 heteroatoms. The van der Waals surface area contributed by atoms with E-state index in [2.05, 4.69) is 5.32 Å². The van der Waals surface area contributed by atoms with Crippen molar-refractivity contribution in [3.8, 4) is 0 Å². The van der Waals surface area contributed by atoms with Crippen LogP contribution in [-0.2, 0) is 25.5 Å². The van der Waals surface area contributed by atoms with E-state index in [1.165, 1.54) is 12.1 Å². The van der Waals surface area contributed by atoms with Crippen LogP contribution in [0.4, 0.5) is 10.5 Å². The van der Waals surface area contributed by atoms with E-state index in [0.717, 1.165) is 11.1 Å². The molecule has 0 atom stereocenters. The molecule has 2 aromatic rings. The average Bonchev–Trinajstić information content (AvgIpc) is 2.55. The normalized spacial score (nSPS) is 11.9. The van der Waals surface area contributed by atoms with Gasteiger partial charge in [0, 0.05) is 5.69 Å². The molecule has 0 aliphatic carbocycles. The smallest absolute Gasteiger partial charge is 0.412 e. The van der Waals surface area contributed by atoms with Crippen molar-refractivity contribution >= 4 is 21.9 Å². The number of anilines is 1. The van der Waals surface area contributed by atoms with Crippen molar-refractivity contribution < 1.29 is 22.1 Å². The maximum atomic E-state index is 12.2. The molecule has 6 nitrogen and oxygen atoms in total. The molecule has 2 rings (SSSR count). The Balaban J connectivity index is 2.00. The van der Waals surface area contributed by atoms with Crippen molar-refractivity contribution in [2.75, 3.05) is 11.9 Å². The van der Waals surface area contributed by atoms with Gasteiger partial charge in [0.05, 0.1) is 11.5 Å². The molecule has 2 aromatic carbocycles. The van der Waals surface area contributed by atoms with Gasteiger partial charge >= 0.3 is 6.09 Å². The van der Waals surface area contributed by atoms with Crippen LogP contribution in [0.1, 0.15) is 31.9 Å². The van der Waals surface area contributed by atoms with Gasteiger partial charge in [0.25, 0.3) is 10.1 Å². The number of carbonyl (C=O) groups is 1. The summed E-state index contributed by atoms with van der Waals surface area (Å²) in [7, 11) is -3.82. The van der Waals surface area contributed by atoms with Crippen LogP contribution in [0.3, 0.4) is 0 Å². The first-order chi connectivity index (χ1) is 12.6. The molecule has 0 unspecified atom stereocenters. The van der Waals surface area contributed by atoms with Gasteiger partial charge in [0.2, 0.25) is 0 Å². The fraction of sp³-hybridized carbons (Fsp3) is 0.350. The molecule has 27 heavy (non-hydrogen) atoms. The summed E-state index contributed by atoms with van der Waals surface area (Å²) >= 11 is 0. The number of para-hydroxylation sites is 1. The van der Waals surface area contributed by atoms with E-state index in [1.54, 1.807) is 51.1 Å². The molecule has 0 heterocycles. The third kappa shape index (κ3) is 6.69. The summed E-state index contributed by atoms with van der Waals surface area (Å²) in [5.41, 5.74) is 1.67. The molecular formula is C20H25NO5S. The lowest BCUT2D eigenvalue weighted by molar-refractivity contribution is 0.0635. The number of ether oxygens (including phenoxy) is 1. The first kappa shape index (κ1) is 20.9. The standard InChI is InChI=1S/C20H25NO5S/c1-15-9-11-17(12-10-15)27(23,24)25-14-13-16-7-5-6-8-18(16)21-19(22)26-20(2,3)4/h5-12H,13-14H2,1-4H3,(H,21,22). The molecule has 0 fully saturated rings. The highest BCUT2D eigenvalue weighted by atomic mass is 32.2. The number of rotatable bonds is 6. The minimum atomic E-state index is -3.82. The maximum Gasteiger partial charge on any atom is 0.412 e. The van der Waals surface area contributed by atoms with Gasteiger partial charge < -0.3 is 4.74 Å². The number of carbonyl (C=O) groups excluding carboxylic acids is 1. The predicted octanol–water partition coefficient (Wildman–Crippen LogP) is 4.29. The second-order valence-electron chi connectivity index (χ2n) is 7.12. The number of benzene rings is 2. The van der Waals surface area contributed by atoms with Gasteiger partial charge in [-0.25, -0.2) is 4.79 Å². The summed E-state index contributed by atoms with van der Waals surface area (Å²) in [4.78, 5) is 12.1. The van der Waals surface area contributed by atoms with Crippen LogP contribution in [0, 0.1) is 6.92 Å². The molecule has 0 bridgehead atoms. The minimum Gasteiger partial charge on any atom is -0.444 e. The first-order valence-electron chi connectivity index (χ1n) is 8.61. The van der Waals surface area contributed by atoms with Crippen molar-refractivity contribution in [2.45, 2.75) is 44.6 Å². The van der Waals surface area contributed by atoms with Crippen molar-refractivity contribution in [1.29, 1.82) is 0 Å². The third-order valence-electron chi connectivity index (χ3n) is 3.57. The first-order valence-corrected chi connectivity index (χ1v) is 10.0. The molecule has 0 spiro atoms. The highest BCUT2D eigenvalue weighted by Gasteiger charge is 2.18. The number of hydrogen-bond donors (Lipinski definition) is 1. The summed E-state index contributed by atoms with van der Waals surface area (Å²) in [6.07, 6.45) is -0.250. The number of hydrogen-bond acceptors (Lipinski definition) is 5. The number of amides is 1. The Bertz CT molecular complexity index is 883. The van der Waals surface area contributed by atoms with Crippen LogP contribution in [0.5, 0.6) is 0 Å². The van der Waals surface area contributed by atoms with Crippen LogP contribution >= 0.6 is 0 Å². The van der Waals surface area contributed by atoms with Crippen LogP contribution in [-0.4, -0.2) is 26.7 Å². The zero-order chi connectivity index (χ0) is 20.1. The van der Waals surface area contributed by atoms with Gasteiger partial charge in [-0.1, -0.05) is 35.9 Å². The second kappa shape index (κ2) is 8.54. The maximum absolute atomic E-state index is 12.2. The summed E-state index contributed by atoms with van der Waals surface area (Å²) in [5.74, 6) is 0. The Morgan fingerprint density at radius 1 is 1.04 bits per heavy atom. The molecule has 1 N–H and O–H groups in total. The molecule has 0 saturated heterocycles. The Labute approximate surface area is 160 Å². The third-order valence-corrected chi connectivity index (χ3v) is 4.90. The Morgan fingerprint density at radius 3 is 2.30 bits per heavy atom. The van der Waals surface area contributed by atoms with E-state index in [4.69, 9.17) is 8.92 Å². The van der Waals surface area contributed by atoms with Crippen LogP contribution in [0.25, 0.3) is 0 Å². The van der Waals surface area contributed by atoms with Crippen molar-refractivity contribution in [3.63, 3.8) is 0 Å². The summed E-state index contributed by atoms with van der Waals surface area (Å²) < 4.78 is 34.9. The van der Waals surface area contributed by atoms with Gasteiger partial charge in [0.15, 0.2) is 0 Å². The lowest BCUT2D eigenvalue weighted by Gasteiger charge is -2.20. The van der Waals surface area contributed by atoms with Gasteiger partial charge in [-0.05, 0) is 57.9 Å². The molecule has 146 valence electrons. The van der Waals surface area contributed by atoms with Crippen molar-refractivity contribution in [2.24, 2.45) is 0 Å². The van der Waals surface area contributed by atoms with E-state index in [0.29, 0.717) is 12.1 Å². The topological polar surface area (TPSA) is 81.7 Å². The van der Waals surface area contributed by atoms with E-state index in [-0.39, 0.29) is 11.5 Å². The number of aryl methyl sites for hydroxylation is 1. The van der Waals surface area contributed by atoms with Crippen molar-refractivity contribution in [1.82, 2.24) is 0 Å². The SMILES string of the molecule is Cc1ccc(S(=O)(=O)OCCc2ccccc2NC(=O)OC(C)(C)C)cc1. The Hall–Kier alpha value is -2.38. The van der Waals surface area contributed by atoms with Crippen LogP contribution in [0.2, 0.25) is 0 Å². The van der Waals surface area contributed by atoms with Crippen LogP contribution in [0.15, 0.2) is 53.4 Å². The zero-order valence-corrected chi connectivity index (χ0v) is 16.8. The molecule has 1 amide bonds. The quantitative estimate of drug-likeness (QED) is 0.743. The van der Waals surface area contributed by atoms with Gasteiger partial charge in [-0.3, -0.25) is 9.50 Å². The van der Waals surface area contributed by atoms with E-state index in [1.807, 2.05) is 13.0 Å². The fourth-order valence-corrected chi connectivity index (χ4v) is 3.22. The monoisotopic (exact) mass is 391 g/mol. The lowest BCUT2D eigenvalue weighted by Crippen LogP contribution is -2.27. The zero-order valence-electron chi connectivity index (χ0n) is 16.0. The molecular weight excluding hydrogens is 366 g/mol. The summed E-state index contributed by atoms with van der Waals surface area (Å²) in [6.45, 7) is 7.18. The van der Waals surface area contributed by atoms with E-state index >= 15 is 0 Å². The average molecular weight is 391 g/mol. The summed E-state index contributed by atoms with van der Waals surface area (Å²) in [6, 6.07) is 13.6. The molecule has 0 aliphatic heterocycles. The van der Waals surface area contributed by atoms with Gasteiger partial charge in [0.1, 0.15) is 5.60 Å². The van der Waals surface area contributed by atoms with Gasteiger partial charge in [-0.15, -0.1) is 0 Å². The molecule has 0 aliphatic rings. The Kier molecular flexibility index (Phi) is 6.62. The highest BCUT2D eigenvalue weighted by Crippen LogP contribution is 2.19. The van der Waals surface area contributed by atoms with E-state index in [9.17, 15) is 13.2 Å². The molecule has 0 aromatic heterocycles. The van der Waals surface area contributed by atoms with Crippen LogP contribution < -0.4 is 5.32 Å². The highest BCUT2D eigenvalue weighted by molar-refractivity contribution is 7.86. The number of nitrogens with one attached hydrogen (secondary N) is 1.